The van der Waals surface area contributed by atoms with Crippen LogP contribution in [0.1, 0.15) is 316 Å². The number of hydrogen-bond donors (Lipinski definition) is 1. The Morgan fingerprint density at radius 1 is 0.423 bits per heavy atom. The summed E-state index contributed by atoms with van der Waals surface area (Å²) in [6, 6.07) is 0. The first kappa shape index (κ1) is 69.8. The van der Waals surface area contributed by atoms with Gasteiger partial charge in [0, 0.05) is 12.8 Å². The van der Waals surface area contributed by atoms with Crippen molar-refractivity contribution in [3.63, 3.8) is 0 Å². The van der Waals surface area contributed by atoms with Crippen molar-refractivity contribution in [2.24, 2.45) is 0 Å². The van der Waals surface area contributed by atoms with Crippen LogP contribution in [0.15, 0.2) is 12.2 Å². The van der Waals surface area contributed by atoms with Crippen LogP contribution in [0.25, 0.3) is 0 Å². The maximum atomic E-state index is 12.8. The standard InChI is InChI=1S/C61H120NO8P/c1-6-8-10-12-14-16-18-20-22-24-25-26-27-28-29-30-31-32-33-34-35-36-37-38-40-42-44-46-48-50-52-54-61(64)70-59(58-69-71(65,66)68-56-55-62(3,4)5)57-67-60(63)53-51-49-47-45-43-41-39-23-21-19-17-15-13-11-9-7-2/h24-25,59H,6-23,26-58H2,1-5H3/p+1/b25-24-. The lowest BCUT2D eigenvalue weighted by molar-refractivity contribution is -0.870. The molecule has 0 fully saturated rings. The minimum atomic E-state index is -4.38. The van der Waals surface area contributed by atoms with Crippen LogP contribution in [0.4, 0.5) is 0 Å². The van der Waals surface area contributed by atoms with Gasteiger partial charge in [0.05, 0.1) is 27.7 Å². The summed E-state index contributed by atoms with van der Waals surface area (Å²) in [6.07, 6.45) is 63.0. The quantitative estimate of drug-likeness (QED) is 0.0211. The number of unbranched alkanes of at least 4 members (excludes halogenated alkanes) is 42. The molecule has 2 atom stereocenters. The van der Waals surface area contributed by atoms with Gasteiger partial charge in [-0.15, -0.1) is 0 Å². The van der Waals surface area contributed by atoms with Gasteiger partial charge in [0.15, 0.2) is 6.10 Å². The molecule has 0 saturated carbocycles. The van der Waals surface area contributed by atoms with Crippen molar-refractivity contribution in [1.82, 2.24) is 0 Å². The van der Waals surface area contributed by atoms with Crippen molar-refractivity contribution >= 4 is 19.8 Å². The first-order valence-electron chi connectivity index (χ1n) is 30.9. The number of quaternary nitrogens is 1. The highest BCUT2D eigenvalue weighted by Gasteiger charge is 2.27. The summed E-state index contributed by atoms with van der Waals surface area (Å²) in [5.74, 6) is -0.776. The normalized spacial score (nSPS) is 13.3. The first-order valence-corrected chi connectivity index (χ1v) is 32.4. The predicted octanol–water partition coefficient (Wildman–Crippen LogP) is 19.2. The number of nitrogens with zero attached hydrogens (tertiary/aromatic N) is 1. The first-order chi connectivity index (χ1) is 34.5. The van der Waals surface area contributed by atoms with E-state index in [1.54, 1.807) is 0 Å². The van der Waals surface area contributed by atoms with Gasteiger partial charge in [0.25, 0.3) is 0 Å². The van der Waals surface area contributed by atoms with Crippen molar-refractivity contribution < 1.29 is 42.1 Å². The topological polar surface area (TPSA) is 108 Å². The summed E-state index contributed by atoms with van der Waals surface area (Å²) >= 11 is 0. The van der Waals surface area contributed by atoms with E-state index in [0.717, 1.165) is 38.5 Å². The van der Waals surface area contributed by atoms with Crippen LogP contribution >= 0.6 is 7.82 Å². The number of ether oxygens (including phenoxy) is 2. The van der Waals surface area contributed by atoms with Crippen LogP contribution in [0.3, 0.4) is 0 Å². The van der Waals surface area contributed by atoms with E-state index >= 15 is 0 Å². The van der Waals surface area contributed by atoms with Crippen LogP contribution in [-0.2, 0) is 32.7 Å². The molecular weight excluding hydrogens is 906 g/mol. The Balaban J connectivity index is 4.00. The Labute approximate surface area is 441 Å². The molecule has 0 aliphatic rings. The molecule has 2 unspecified atom stereocenters. The van der Waals surface area contributed by atoms with Crippen molar-refractivity contribution in [1.29, 1.82) is 0 Å². The van der Waals surface area contributed by atoms with Gasteiger partial charge >= 0.3 is 19.8 Å². The molecule has 0 aromatic rings. The molecule has 0 bridgehead atoms. The van der Waals surface area contributed by atoms with E-state index in [1.807, 2.05) is 21.1 Å². The summed E-state index contributed by atoms with van der Waals surface area (Å²) in [5.41, 5.74) is 0. The Bertz CT molecular complexity index is 1210. The summed E-state index contributed by atoms with van der Waals surface area (Å²) in [6.45, 7) is 4.50. The Morgan fingerprint density at radius 3 is 1.04 bits per heavy atom. The zero-order chi connectivity index (χ0) is 52.0. The van der Waals surface area contributed by atoms with Gasteiger partial charge in [-0.05, 0) is 38.5 Å². The van der Waals surface area contributed by atoms with Gasteiger partial charge < -0.3 is 18.9 Å². The van der Waals surface area contributed by atoms with E-state index in [9.17, 15) is 19.0 Å². The molecule has 0 radical (unpaired) electrons. The minimum Gasteiger partial charge on any atom is -0.462 e. The van der Waals surface area contributed by atoms with Crippen LogP contribution < -0.4 is 0 Å². The summed E-state index contributed by atoms with van der Waals surface area (Å²) in [7, 11) is 1.50. The molecule has 0 aliphatic carbocycles. The maximum absolute atomic E-state index is 12.8. The number of phosphoric ester groups is 1. The Morgan fingerprint density at radius 2 is 0.718 bits per heavy atom. The second-order valence-electron chi connectivity index (χ2n) is 22.5. The van der Waals surface area contributed by atoms with Crippen molar-refractivity contribution in [2.45, 2.75) is 322 Å². The van der Waals surface area contributed by atoms with Crippen LogP contribution in [0.2, 0.25) is 0 Å². The van der Waals surface area contributed by atoms with Gasteiger partial charge in [0.1, 0.15) is 19.8 Å². The Kier molecular flexibility index (Phi) is 52.6. The molecule has 0 saturated heterocycles. The molecule has 1 N–H and O–H groups in total. The predicted molar refractivity (Wildman–Crippen MR) is 303 cm³/mol. The highest BCUT2D eigenvalue weighted by atomic mass is 31.2. The summed E-state index contributed by atoms with van der Waals surface area (Å²) < 4.78 is 34.6. The van der Waals surface area contributed by atoms with E-state index in [4.69, 9.17) is 18.5 Å². The molecule has 71 heavy (non-hydrogen) atoms. The molecule has 0 spiro atoms. The van der Waals surface area contributed by atoms with Crippen LogP contribution in [-0.4, -0.2) is 74.9 Å². The lowest BCUT2D eigenvalue weighted by atomic mass is 10.0. The number of carbonyl (C=O) groups is 2. The van der Waals surface area contributed by atoms with E-state index in [1.165, 1.54) is 250 Å². The maximum Gasteiger partial charge on any atom is 0.472 e. The average molecular weight is 1030 g/mol. The molecule has 0 aromatic heterocycles. The van der Waals surface area contributed by atoms with Gasteiger partial charge in [-0.25, -0.2) is 4.57 Å². The third kappa shape index (κ3) is 57.9. The van der Waals surface area contributed by atoms with Crippen molar-refractivity contribution in [3.05, 3.63) is 12.2 Å². The second kappa shape index (κ2) is 53.6. The molecule has 422 valence electrons. The highest BCUT2D eigenvalue weighted by Crippen LogP contribution is 2.43. The van der Waals surface area contributed by atoms with Crippen molar-refractivity contribution in [2.75, 3.05) is 47.5 Å². The van der Waals surface area contributed by atoms with E-state index in [0.29, 0.717) is 17.4 Å². The smallest absolute Gasteiger partial charge is 0.462 e. The number of carbonyl (C=O) groups excluding carboxylic acids is 2. The third-order valence-electron chi connectivity index (χ3n) is 14.0. The number of hydrogen-bond acceptors (Lipinski definition) is 7. The van der Waals surface area contributed by atoms with E-state index in [2.05, 4.69) is 26.0 Å². The third-order valence-corrected chi connectivity index (χ3v) is 15.0. The van der Waals surface area contributed by atoms with Gasteiger partial charge in [-0.3, -0.25) is 18.6 Å². The number of rotatable bonds is 58. The monoisotopic (exact) mass is 1030 g/mol. The number of esters is 2. The van der Waals surface area contributed by atoms with Gasteiger partial charge in [-0.1, -0.05) is 276 Å². The fourth-order valence-electron chi connectivity index (χ4n) is 9.25. The van der Waals surface area contributed by atoms with Gasteiger partial charge in [-0.2, -0.15) is 0 Å². The number of phosphoric acid groups is 1. The zero-order valence-corrected chi connectivity index (χ0v) is 48.9. The molecule has 10 heteroatoms. The van der Waals surface area contributed by atoms with E-state index < -0.39 is 26.5 Å². The second-order valence-corrected chi connectivity index (χ2v) is 23.9. The van der Waals surface area contributed by atoms with Gasteiger partial charge in [0.2, 0.25) is 0 Å². The average Bonchev–Trinajstić information content (AvgIpc) is 3.33. The SMILES string of the molecule is CCCCCCCCCC/C=C\CCCCCCCCCCCCCCCCCCCCCC(=O)OC(COC(=O)CCCCCCCCCCCCCCCCCC)COP(=O)(O)OCC[N+](C)(C)C. The summed E-state index contributed by atoms with van der Waals surface area (Å²) in [4.78, 5) is 35.7. The molecule has 9 nitrogen and oxygen atoms in total. The molecule has 0 rings (SSSR count). The van der Waals surface area contributed by atoms with Crippen LogP contribution in [0.5, 0.6) is 0 Å². The fourth-order valence-corrected chi connectivity index (χ4v) is 9.99. The molecule has 0 heterocycles. The lowest BCUT2D eigenvalue weighted by Crippen LogP contribution is -2.37. The molecular formula is C61H121NO8P+. The van der Waals surface area contributed by atoms with Crippen LogP contribution in [0, 0.1) is 0 Å². The highest BCUT2D eigenvalue weighted by molar-refractivity contribution is 7.47. The lowest BCUT2D eigenvalue weighted by Gasteiger charge is -2.24. The number of likely N-dealkylation sites (N-methyl/N-ethyl adjacent to an activating group) is 1. The molecule has 0 aromatic carbocycles. The van der Waals surface area contributed by atoms with E-state index in [-0.39, 0.29) is 25.6 Å². The fraction of sp³-hybridized carbons (Fsp3) is 0.934. The summed E-state index contributed by atoms with van der Waals surface area (Å²) in [5, 5.41) is 0. The Hall–Kier alpha value is -1.25. The largest absolute Gasteiger partial charge is 0.472 e. The number of allylic oxidation sites excluding steroid dienone is 2. The van der Waals surface area contributed by atoms with Crippen molar-refractivity contribution in [3.8, 4) is 0 Å². The molecule has 0 amide bonds. The minimum absolute atomic E-state index is 0.0364. The molecule has 0 aliphatic heterocycles. The zero-order valence-electron chi connectivity index (χ0n) is 48.0.